The number of benzene rings is 3. The van der Waals surface area contributed by atoms with Crippen LogP contribution >= 0.6 is 23.8 Å². The summed E-state index contributed by atoms with van der Waals surface area (Å²) >= 11 is 11.7. The van der Waals surface area contributed by atoms with Crippen LogP contribution in [-0.2, 0) is 6.61 Å². The lowest BCUT2D eigenvalue weighted by Gasteiger charge is -2.11. The van der Waals surface area contributed by atoms with Gasteiger partial charge in [0.1, 0.15) is 12.4 Å². The van der Waals surface area contributed by atoms with Crippen molar-refractivity contribution in [2.45, 2.75) is 6.61 Å². The number of carbonyl (C=O) groups excluding carboxylic acids is 1. The lowest BCUT2D eigenvalue weighted by atomic mass is 10.2. The van der Waals surface area contributed by atoms with Gasteiger partial charge < -0.3 is 14.5 Å². The Morgan fingerprint density at radius 2 is 1.81 bits per heavy atom. The first-order valence-corrected chi connectivity index (χ1v) is 11.7. The molecule has 0 saturated carbocycles. The summed E-state index contributed by atoms with van der Waals surface area (Å²) in [6, 6.07) is 25.4. The van der Waals surface area contributed by atoms with Gasteiger partial charge in [-0.05, 0) is 72.4 Å². The Morgan fingerprint density at radius 3 is 2.58 bits per heavy atom. The zero-order valence-corrected chi connectivity index (χ0v) is 20.3. The summed E-state index contributed by atoms with van der Waals surface area (Å²) in [5.41, 5.74) is 3.73. The number of fused-ring (bicyclic) bond motifs is 1. The molecule has 2 aromatic heterocycles. The van der Waals surface area contributed by atoms with Crippen molar-refractivity contribution >= 4 is 51.8 Å². The molecule has 0 bridgehead atoms. The number of hydrogen-bond donors (Lipinski definition) is 2. The van der Waals surface area contributed by atoms with Gasteiger partial charge in [0.25, 0.3) is 5.91 Å². The number of thiocarbonyl (C=S) groups is 1. The summed E-state index contributed by atoms with van der Waals surface area (Å²) < 4.78 is 11.5. The molecule has 0 saturated heterocycles. The van der Waals surface area contributed by atoms with Crippen LogP contribution < -0.4 is 15.4 Å². The third-order valence-electron chi connectivity index (χ3n) is 5.21. The molecule has 0 fully saturated rings. The molecule has 5 rings (SSSR count). The highest BCUT2D eigenvalue weighted by atomic mass is 35.5. The molecule has 3 aromatic carbocycles. The average Bonchev–Trinajstić information content (AvgIpc) is 3.33. The predicted octanol–water partition coefficient (Wildman–Crippen LogP) is 6.25. The molecule has 36 heavy (non-hydrogen) atoms. The molecule has 5 aromatic rings. The van der Waals surface area contributed by atoms with Crippen molar-refractivity contribution in [1.82, 2.24) is 15.3 Å². The van der Waals surface area contributed by atoms with E-state index in [1.54, 1.807) is 60.8 Å². The Kier molecular flexibility index (Phi) is 6.88. The van der Waals surface area contributed by atoms with Crippen molar-refractivity contribution in [2.75, 3.05) is 5.32 Å². The molecule has 0 radical (unpaired) electrons. The van der Waals surface area contributed by atoms with Crippen LogP contribution in [-0.4, -0.2) is 21.0 Å². The number of pyridine rings is 1. The number of nitrogens with one attached hydrogen (secondary N) is 2. The van der Waals surface area contributed by atoms with Gasteiger partial charge in [0.05, 0.1) is 10.6 Å². The first kappa shape index (κ1) is 23.5. The second-order valence-corrected chi connectivity index (χ2v) is 8.56. The molecule has 2 heterocycles. The number of carbonyl (C=O) groups is 1. The van der Waals surface area contributed by atoms with Crippen LogP contribution in [0.4, 0.5) is 5.69 Å². The monoisotopic (exact) mass is 514 g/mol. The highest BCUT2D eigenvalue weighted by molar-refractivity contribution is 7.80. The minimum absolute atomic E-state index is 0.136. The van der Waals surface area contributed by atoms with E-state index in [-0.39, 0.29) is 11.0 Å². The largest absolute Gasteiger partial charge is 0.489 e. The van der Waals surface area contributed by atoms with Gasteiger partial charge in [0.15, 0.2) is 16.3 Å². The van der Waals surface area contributed by atoms with Crippen LogP contribution in [0.15, 0.2) is 95.5 Å². The fourth-order valence-corrected chi connectivity index (χ4v) is 3.84. The van der Waals surface area contributed by atoms with Crippen LogP contribution in [0.3, 0.4) is 0 Å². The molecule has 0 spiro atoms. The van der Waals surface area contributed by atoms with Crippen molar-refractivity contribution in [3.63, 3.8) is 0 Å². The Balaban J connectivity index is 1.21. The molecule has 9 heteroatoms. The molecule has 7 nitrogen and oxygen atoms in total. The predicted molar refractivity (Wildman–Crippen MR) is 143 cm³/mol. The van der Waals surface area contributed by atoms with E-state index in [9.17, 15) is 4.79 Å². The lowest BCUT2D eigenvalue weighted by molar-refractivity contribution is 0.0977. The third-order valence-corrected chi connectivity index (χ3v) is 5.75. The van der Waals surface area contributed by atoms with E-state index in [1.165, 1.54) is 0 Å². The number of nitrogens with zero attached hydrogens (tertiary/aromatic N) is 2. The Morgan fingerprint density at radius 1 is 1.00 bits per heavy atom. The summed E-state index contributed by atoms with van der Waals surface area (Å²) in [7, 11) is 0. The van der Waals surface area contributed by atoms with E-state index >= 15 is 0 Å². The molecule has 0 aliphatic heterocycles. The molecule has 178 valence electrons. The van der Waals surface area contributed by atoms with Crippen molar-refractivity contribution in [2.24, 2.45) is 0 Å². The van der Waals surface area contributed by atoms with E-state index in [0.29, 0.717) is 51.3 Å². The molecule has 1 amide bonds. The number of rotatable bonds is 6. The molecule has 2 N–H and O–H groups in total. The summed E-state index contributed by atoms with van der Waals surface area (Å²) in [4.78, 5) is 21.2. The van der Waals surface area contributed by atoms with E-state index in [2.05, 4.69) is 20.6 Å². The van der Waals surface area contributed by atoms with Crippen LogP contribution in [0.5, 0.6) is 5.75 Å². The minimum atomic E-state index is -0.346. The standard InChI is InChI=1S/C27H19ClN4O3S/c28-22-13-10-19(15-21(22)26-31-24-23(35-26)7-4-14-29-24)30-27(36)32-25(33)18-8-11-20(12-9-18)34-16-17-5-2-1-3-6-17/h1-15H,16H2,(H2,30,32,33,36). The second-order valence-electron chi connectivity index (χ2n) is 7.75. The third kappa shape index (κ3) is 5.51. The fraction of sp³-hybridized carbons (Fsp3) is 0.0370. The molecular formula is C27H19ClN4O3S. The number of hydrogen-bond acceptors (Lipinski definition) is 6. The van der Waals surface area contributed by atoms with Crippen molar-refractivity contribution in [3.05, 3.63) is 107 Å². The van der Waals surface area contributed by atoms with Crippen molar-refractivity contribution in [3.8, 4) is 17.2 Å². The van der Waals surface area contributed by atoms with Gasteiger partial charge in [0.2, 0.25) is 5.89 Å². The summed E-state index contributed by atoms with van der Waals surface area (Å²) in [5.74, 6) is 0.655. The van der Waals surface area contributed by atoms with E-state index in [4.69, 9.17) is 33.0 Å². The van der Waals surface area contributed by atoms with Gasteiger partial charge >= 0.3 is 0 Å². The fourth-order valence-electron chi connectivity index (χ4n) is 3.43. The molecule has 0 aliphatic rings. The van der Waals surface area contributed by atoms with E-state index in [0.717, 1.165) is 5.56 Å². The van der Waals surface area contributed by atoms with Gasteiger partial charge in [-0.1, -0.05) is 41.9 Å². The highest BCUT2D eigenvalue weighted by Gasteiger charge is 2.14. The van der Waals surface area contributed by atoms with Crippen molar-refractivity contribution in [1.29, 1.82) is 0 Å². The van der Waals surface area contributed by atoms with E-state index < -0.39 is 0 Å². The summed E-state index contributed by atoms with van der Waals surface area (Å²) in [6.07, 6.45) is 1.64. The van der Waals surface area contributed by atoms with Gasteiger partial charge in [-0.2, -0.15) is 4.98 Å². The molecule has 0 unspecified atom stereocenters. The van der Waals surface area contributed by atoms with Crippen LogP contribution in [0.1, 0.15) is 15.9 Å². The quantitative estimate of drug-likeness (QED) is 0.259. The summed E-state index contributed by atoms with van der Waals surface area (Å²) in [5, 5.41) is 6.26. The van der Waals surface area contributed by atoms with Gasteiger partial charge in [0, 0.05) is 17.4 Å². The zero-order valence-electron chi connectivity index (χ0n) is 18.8. The molecule has 0 atom stereocenters. The van der Waals surface area contributed by atoms with Crippen LogP contribution in [0, 0.1) is 0 Å². The number of ether oxygens (including phenoxy) is 1. The normalized spacial score (nSPS) is 10.7. The highest BCUT2D eigenvalue weighted by Crippen LogP contribution is 2.31. The zero-order chi connectivity index (χ0) is 24.9. The Hall–Kier alpha value is -4.27. The lowest BCUT2D eigenvalue weighted by Crippen LogP contribution is -2.34. The first-order chi connectivity index (χ1) is 17.5. The number of aromatic nitrogens is 2. The topological polar surface area (TPSA) is 89.3 Å². The number of halogens is 1. The van der Waals surface area contributed by atoms with Crippen LogP contribution in [0.2, 0.25) is 5.02 Å². The SMILES string of the molecule is O=C(NC(=S)Nc1ccc(Cl)c(-c2nc3ncccc3o2)c1)c1ccc(OCc2ccccc2)cc1. The maximum absolute atomic E-state index is 12.6. The molecule has 0 aliphatic carbocycles. The van der Waals surface area contributed by atoms with Gasteiger partial charge in [-0.25, -0.2) is 4.98 Å². The maximum Gasteiger partial charge on any atom is 0.257 e. The average molecular weight is 515 g/mol. The number of oxazole rings is 1. The number of anilines is 1. The van der Waals surface area contributed by atoms with E-state index in [1.807, 2.05) is 30.3 Å². The number of amides is 1. The smallest absolute Gasteiger partial charge is 0.257 e. The minimum Gasteiger partial charge on any atom is -0.489 e. The Bertz CT molecular complexity index is 1510. The first-order valence-electron chi connectivity index (χ1n) is 11.0. The summed E-state index contributed by atoms with van der Waals surface area (Å²) in [6.45, 7) is 0.448. The maximum atomic E-state index is 12.6. The molecular weight excluding hydrogens is 496 g/mol. The van der Waals surface area contributed by atoms with Gasteiger partial charge in [-0.15, -0.1) is 0 Å². The van der Waals surface area contributed by atoms with Crippen molar-refractivity contribution < 1.29 is 13.9 Å². The second kappa shape index (κ2) is 10.6. The van der Waals surface area contributed by atoms with Crippen LogP contribution in [0.25, 0.3) is 22.7 Å². The Labute approximate surface area is 217 Å². The van der Waals surface area contributed by atoms with Gasteiger partial charge in [-0.3, -0.25) is 10.1 Å².